The van der Waals surface area contributed by atoms with Crippen LogP contribution in [0, 0.1) is 0 Å². The van der Waals surface area contributed by atoms with Crippen LogP contribution < -0.4 is 10.6 Å². The molecule has 1 aromatic heterocycles. The van der Waals surface area contributed by atoms with Gasteiger partial charge in [-0.05, 0) is 48.0 Å². The molecule has 3 nitrogen and oxygen atoms in total. The van der Waals surface area contributed by atoms with Crippen LogP contribution in [0.25, 0.3) is 11.1 Å². The van der Waals surface area contributed by atoms with E-state index in [1.807, 2.05) is 18.2 Å². The van der Waals surface area contributed by atoms with Crippen molar-refractivity contribution in [3.05, 3.63) is 84.3 Å². The van der Waals surface area contributed by atoms with Crippen molar-refractivity contribution in [2.75, 3.05) is 0 Å². The molecule has 2 aromatic carbocycles. The second-order valence-corrected chi connectivity index (χ2v) is 6.02. The quantitative estimate of drug-likeness (QED) is 0.664. The topological polar surface area (TPSA) is 37.2 Å². The first-order chi connectivity index (χ1) is 11.7. The van der Waals surface area contributed by atoms with Crippen molar-refractivity contribution in [1.29, 1.82) is 0 Å². The third kappa shape index (κ3) is 4.24. The number of hydrogen-bond donors (Lipinski definition) is 2. The average Bonchev–Trinajstić information content (AvgIpc) is 3.14. The Morgan fingerprint density at radius 1 is 0.958 bits per heavy atom. The molecule has 1 heterocycles. The van der Waals surface area contributed by atoms with E-state index in [1.54, 1.807) is 6.26 Å². The Balaban J connectivity index is 1.56. The predicted octanol–water partition coefficient (Wildman–Crippen LogP) is 4.67. The van der Waals surface area contributed by atoms with Crippen LogP contribution in [0.1, 0.15) is 24.3 Å². The van der Waals surface area contributed by atoms with Gasteiger partial charge in [-0.25, -0.2) is 0 Å². The van der Waals surface area contributed by atoms with E-state index in [9.17, 15) is 0 Å². The highest BCUT2D eigenvalue weighted by atomic mass is 32.1. The Morgan fingerprint density at radius 2 is 1.67 bits per heavy atom. The Morgan fingerprint density at radius 3 is 2.33 bits per heavy atom. The first-order valence-electron chi connectivity index (χ1n) is 7.94. The van der Waals surface area contributed by atoms with E-state index in [2.05, 4.69) is 66.1 Å². The molecule has 3 rings (SSSR count). The maximum Gasteiger partial charge on any atom is 0.167 e. The molecule has 3 aromatic rings. The number of hydrogen-bond acceptors (Lipinski definition) is 2. The molecule has 1 atom stereocenters. The van der Waals surface area contributed by atoms with Crippen molar-refractivity contribution in [2.45, 2.75) is 19.5 Å². The molecule has 0 radical (unpaired) electrons. The molecule has 24 heavy (non-hydrogen) atoms. The molecular weight excluding hydrogens is 316 g/mol. The van der Waals surface area contributed by atoms with Crippen molar-refractivity contribution in [2.24, 2.45) is 0 Å². The first-order valence-corrected chi connectivity index (χ1v) is 8.35. The van der Waals surface area contributed by atoms with Crippen LogP contribution in [0.2, 0.25) is 0 Å². The van der Waals surface area contributed by atoms with E-state index in [0.29, 0.717) is 11.7 Å². The zero-order valence-corrected chi connectivity index (χ0v) is 14.3. The van der Waals surface area contributed by atoms with Gasteiger partial charge in [0, 0.05) is 0 Å². The van der Waals surface area contributed by atoms with Gasteiger partial charge in [0.25, 0.3) is 0 Å². The van der Waals surface area contributed by atoms with E-state index in [1.165, 1.54) is 16.7 Å². The van der Waals surface area contributed by atoms with Gasteiger partial charge in [-0.15, -0.1) is 0 Å². The molecule has 0 aliphatic carbocycles. The van der Waals surface area contributed by atoms with Crippen LogP contribution in [-0.4, -0.2) is 5.11 Å². The van der Waals surface area contributed by atoms with Crippen molar-refractivity contribution >= 4 is 17.3 Å². The summed E-state index contributed by atoms with van der Waals surface area (Å²) in [7, 11) is 0. The SMILES string of the molecule is C[C@H](NC(=S)NCc1ccco1)c1ccc(-c2ccccc2)cc1. The monoisotopic (exact) mass is 336 g/mol. The number of benzene rings is 2. The number of nitrogens with one attached hydrogen (secondary N) is 2. The van der Waals surface area contributed by atoms with Crippen LogP contribution in [-0.2, 0) is 6.54 Å². The smallest absolute Gasteiger partial charge is 0.167 e. The fourth-order valence-corrected chi connectivity index (χ4v) is 2.76. The summed E-state index contributed by atoms with van der Waals surface area (Å²) in [4.78, 5) is 0. The zero-order chi connectivity index (χ0) is 16.8. The van der Waals surface area contributed by atoms with Crippen molar-refractivity contribution in [3.63, 3.8) is 0 Å². The minimum Gasteiger partial charge on any atom is -0.467 e. The number of rotatable bonds is 5. The lowest BCUT2D eigenvalue weighted by atomic mass is 10.0. The van der Waals surface area contributed by atoms with Crippen LogP contribution in [0.5, 0.6) is 0 Å². The Bertz CT molecular complexity index is 767. The number of thiocarbonyl (C=S) groups is 1. The van der Waals surface area contributed by atoms with E-state index in [0.717, 1.165) is 5.76 Å². The molecule has 122 valence electrons. The minimum atomic E-state index is 0.131. The number of furan rings is 1. The summed E-state index contributed by atoms with van der Waals surface area (Å²) in [5.74, 6) is 0.860. The predicted molar refractivity (Wildman–Crippen MR) is 102 cm³/mol. The van der Waals surface area contributed by atoms with Gasteiger partial charge >= 0.3 is 0 Å². The second kappa shape index (κ2) is 7.79. The molecule has 0 aliphatic heterocycles. The molecule has 0 saturated heterocycles. The van der Waals surface area contributed by atoms with Crippen molar-refractivity contribution in [1.82, 2.24) is 10.6 Å². The van der Waals surface area contributed by atoms with Gasteiger partial charge in [-0.2, -0.15) is 0 Å². The van der Waals surface area contributed by atoms with Crippen LogP contribution >= 0.6 is 12.2 Å². The minimum absolute atomic E-state index is 0.131. The fourth-order valence-electron chi connectivity index (χ4n) is 2.51. The van der Waals surface area contributed by atoms with Gasteiger partial charge < -0.3 is 15.1 Å². The van der Waals surface area contributed by atoms with Crippen LogP contribution in [0.4, 0.5) is 0 Å². The molecule has 0 amide bonds. The standard InChI is InChI=1S/C20H20N2OS/c1-15(22-20(24)21-14-19-8-5-13-23-19)16-9-11-18(12-10-16)17-6-3-2-4-7-17/h2-13,15H,14H2,1H3,(H2,21,22,24)/t15-/m0/s1. The largest absolute Gasteiger partial charge is 0.467 e. The van der Waals surface area contributed by atoms with Gasteiger partial charge in [0.15, 0.2) is 5.11 Å². The lowest BCUT2D eigenvalue weighted by Gasteiger charge is -2.17. The lowest BCUT2D eigenvalue weighted by molar-refractivity contribution is 0.501. The van der Waals surface area contributed by atoms with Gasteiger partial charge in [0.05, 0.1) is 18.8 Å². The summed E-state index contributed by atoms with van der Waals surface area (Å²) in [6.07, 6.45) is 1.66. The van der Waals surface area contributed by atoms with E-state index < -0.39 is 0 Å². The normalized spacial score (nSPS) is 11.7. The third-order valence-electron chi connectivity index (χ3n) is 3.87. The molecule has 0 bridgehead atoms. The highest BCUT2D eigenvalue weighted by molar-refractivity contribution is 7.80. The summed E-state index contributed by atoms with van der Waals surface area (Å²) in [6.45, 7) is 2.68. The van der Waals surface area contributed by atoms with E-state index in [-0.39, 0.29) is 6.04 Å². The fraction of sp³-hybridized carbons (Fsp3) is 0.150. The summed E-state index contributed by atoms with van der Waals surface area (Å²) in [6, 6.07) is 22.8. The zero-order valence-electron chi connectivity index (χ0n) is 13.5. The molecule has 0 fully saturated rings. The van der Waals surface area contributed by atoms with E-state index in [4.69, 9.17) is 16.6 Å². The van der Waals surface area contributed by atoms with E-state index >= 15 is 0 Å². The van der Waals surface area contributed by atoms with Gasteiger partial charge in [0.1, 0.15) is 5.76 Å². The lowest BCUT2D eigenvalue weighted by Crippen LogP contribution is -2.36. The summed E-state index contributed by atoms with van der Waals surface area (Å²) in [5.41, 5.74) is 3.63. The Labute approximate surface area is 147 Å². The maximum atomic E-state index is 5.34. The summed E-state index contributed by atoms with van der Waals surface area (Å²) >= 11 is 5.34. The summed E-state index contributed by atoms with van der Waals surface area (Å²) in [5, 5.41) is 7.06. The summed E-state index contributed by atoms with van der Waals surface area (Å²) < 4.78 is 5.28. The van der Waals surface area contributed by atoms with Crippen LogP contribution in [0.3, 0.4) is 0 Å². The van der Waals surface area contributed by atoms with Gasteiger partial charge in [0.2, 0.25) is 0 Å². The van der Waals surface area contributed by atoms with Crippen molar-refractivity contribution in [3.8, 4) is 11.1 Å². The highest BCUT2D eigenvalue weighted by Gasteiger charge is 2.07. The first kappa shape index (κ1) is 16.3. The molecule has 0 aliphatic rings. The molecule has 0 saturated carbocycles. The Kier molecular flexibility index (Phi) is 5.29. The average molecular weight is 336 g/mol. The second-order valence-electron chi connectivity index (χ2n) is 5.62. The molecule has 2 N–H and O–H groups in total. The van der Waals surface area contributed by atoms with Crippen LogP contribution in [0.15, 0.2) is 77.4 Å². The molecule has 4 heteroatoms. The maximum absolute atomic E-state index is 5.34. The molecule has 0 unspecified atom stereocenters. The van der Waals surface area contributed by atoms with Gasteiger partial charge in [-0.1, -0.05) is 54.6 Å². The molecule has 0 spiro atoms. The molecular formula is C20H20N2OS. The third-order valence-corrected chi connectivity index (χ3v) is 4.13. The van der Waals surface area contributed by atoms with Crippen molar-refractivity contribution < 1.29 is 4.42 Å². The Hall–Kier alpha value is -2.59. The highest BCUT2D eigenvalue weighted by Crippen LogP contribution is 2.21. The van der Waals surface area contributed by atoms with Gasteiger partial charge in [-0.3, -0.25) is 0 Å².